The number of primary amides is 1. The van der Waals surface area contributed by atoms with Crippen LogP contribution < -0.4 is 5.73 Å². The topological polar surface area (TPSA) is 118 Å². The van der Waals surface area contributed by atoms with Crippen LogP contribution in [0.3, 0.4) is 0 Å². The van der Waals surface area contributed by atoms with Crippen molar-refractivity contribution in [2.75, 3.05) is 0 Å². The quantitative estimate of drug-likeness (QED) is 0.280. The smallest absolute Gasteiger partial charge is 0.372 e. The summed E-state index contributed by atoms with van der Waals surface area (Å²) in [6.45, 7) is 0. The molecule has 0 saturated heterocycles. The van der Waals surface area contributed by atoms with Crippen LogP contribution in [-0.2, 0) is 15.2 Å². The summed E-state index contributed by atoms with van der Waals surface area (Å²) >= 11 is 0. The minimum absolute atomic E-state index is 0.250. The fourth-order valence-corrected chi connectivity index (χ4v) is 0. The molecule has 0 aromatic heterocycles. The lowest BCUT2D eigenvalue weighted by molar-refractivity contribution is -0.106. The fourth-order valence-electron chi connectivity index (χ4n) is 0. The standard InChI is InChI=1S/CH3NO.H2O4S/c2-1-3;1-5(2,3)4/h1H,(H2,2,3);(H2,1,2,3,4). The molecule has 0 aliphatic rings. The summed E-state index contributed by atoms with van der Waals surface area (Å²) in [5.41, 5.74) is 4.17. The first-order chi connectivity index (χ1) is 3.41. The van der Waals surface area contributed by atoms with E-state index in [1.807, 2.05) is 0 Å². The van der Waals surface area contributed by atoms with Gasteiger partial charge >= 0.3 is 10.4 Å². The first-order valence-corrected chi connectivity index (χ1v) is 2.66. The van der Waals surface area contributed by atoms with E-state index in [4.69, 9.17) is 22.3 Å². The molecule has 0 atom stereocenters. The highest BCUT2D eigenvalue weighted by Gasteiger charge is 1.84. The number of rotatable bonds is 0. The molecule has 0 aliphatic carbocycles. The highest BCUT2D eigenvalue weighted by Crippen LogP contribution is 1.59. The number of carbonyl (C=O) groups is 1. The third-order valence-electron chi connectivity index (χ3n) is 0. The average molecular weight is 143 g/mol. The van der Waals surface area contributed by atoms with Gasteiger partial charge in [-0.2, -0.15) is 8.42 Å². The lowest BCUT2D eigenvalue weighted by Crippen LogP contribution is -1.89. The Labute approximate surface area is 45.9 Å². The molecule has 0 unspecified atom stereocenters. The summed E-state index contributed by atoms with van der Waals surface area (Å²) in [5.74, 6) is 0. The Kier molecular flexibility index (Phi) is 5.82. The molecule has 8 heavy (non-hydrogen) atoms. The van der Waals surface area contributed by atoms with Crippen LogP contribution in [0.5, 0.6) is 0 Å². The molecule has 0 heterocycles. The minimum atomic E-state index is -4.67. The fraction of sp³-hybridized carbons (Fsp3) is 0. The molecule has 50 valence electrons. The molecule has 0 aromatic carbocycles. The molecule has 0 fully saturated rings. The number of hydrogen-bond donors (Lipinski definition) is 3. The van der Waals surface area contributed by atoms with E-state index in [0.717, 1.165) is 0 Å². The van der Waals surface area contributed by atoms with Gasteiger partial charge < -0.3 is 5.73 Å². The molecule has 1 amide bonds. The lowest BCUT2D eigenvalue weighted by atomic mass is 11.5. The van der Waals surface area contributed by atoms with E-state index in [2.05, 4.69) is 5.73 Å². The highest BCUT2D eigenvalue weighted by molar-refractivity contribution is 7.79. The third-order valence-corrected chi connectivity index (χ3v) is 0. The van der Waals surface area contributed by atoms with Gasteiger partial charge in [0.15, 0.2) is 0 Å². The van der Waals surface area contributed by atoms with Crippen molar-refractivity contribution in [1.82, 2.24) is 0 Å². The molecule has 6 nitrogen and oxygen atoms in total. The third kappa shape index (κ3) is 231. The SMILES string of the molecule is NC=O.O=S(=O)(O)O. The maximum atomic E-state index is 8.74. The summed E-state index contributed by atoms with van der Waals surface area (Å²) in [4.78, 5) is 8.58. The van der Waals surface area contributed by atoms with Crippen LogP contribution >= 0.6 is 0 Å². The second kappa shape index (κ2) is 4.50. The van der Waals surface area contributed by atoms with Crippen molar-refractivity contribution in [2.24, 2.45) is 5.73 Å². The summed E-state index contributed by atoms with van der Waals surface area (Å²) in [6, 6.07) is 0. The molecule has 0 bridgehead atoms. The number of hydrogen-bond acceptors (Lipinski definition) is 3. The molecule has 7 heteroatoms. The Bertz CT molecular complexity index is 127. The predicted octanol–water partition coefficient (Wildman–Crippen LogP) is -1.55. The Morgan fingerprint density at radius 3 is 1.38 bits per heavy atom. The van der Waals surface area contributed by atoms with Crippen LogP contribution in [0, 0.1) is 0 Å². The summed E-state index contributed by atoms with van der Waals surface area (Å²) in [5, 5.41) is 0. The van der Waals surface area contributed by atoms with Crippen LogP contribution in [0.4, 0.5) is 0 Å². The predicted molar refractivity (Wildman–Crippen MR) is 24.4 cm³/mol. The zero-order valence-electron chi connectivity index (χ0n) is 3.68. The van der Waals surface area contributed by atoms with Gasteiger partial charge in [-0.05, 0) is 0 Å². The van der Waals surface area contributed by atoms with Crippen LogP contribution in [-0.4, -0.2) is 23.9 Å². The van der Waals surface area contributed by atoms with Gasteiger partial charge in [0.25, 0.3) is 0 Å². The highest BCUT2D eigenvalue weighted by atomic mass is 32.3. The van der Waals surface area contributed by atoms with Crippen molar-refractivity contribution < 1.29 is 22.3 Å². The lowest BCUT2D eigenvalue weighted by Gasteiger charge is -1.68. The molecule has 4 N–H and O–H groups in total. The molecule has 0 aliphatic heterocycles. The normalized spacial score (nSPS) is 8.75. The molecular weight excluding hydrogens is 138 g/mol. The molecular formula is CH5NO5S. The van der Waals surface area contributed by atoms with Gasteiger partial charge in [0.1, 0.15) is 0 Å². The van der Waals surface area contributed by atoms with Crippen LogP contribution in [0.2, 0.25) is 0 Å². The number of carbonyl (C=O) groups excluding carboxylic acids is 1. The van der Waals surface area contributed by atoms with E-state index in [0.29, 0.717) is 0 Å². The Morgan fingerprint density at radius 2 is 1.38 bits per heavy atom. The van der Waals surface area contributed by atoms with Crippen LogP contribution in [0.25, 0.3) is 0 Å². The molecule has 0 aromatic rings. The van der Waals surface area contributed by atoms with Gasteiger partial charge in [-0.3, -0.25) is 13.9 Å². The molecule has 0 rings (SSSR count). The van der Waals surface area contributed by atoms with Crippen molar-refractivity contribution >= 4 is 16.8 Å². The number of amides is 1. The Balaban J connectivity index is 0. The summed E-state index contributed by atoms with van der Waals surface area (Å²) in [7, 11) is -4.67. The largest absolute Gasteiger partial charge is 0.394 e. The number of nitrogens with two attached hydrogens (primary N) is 1. The van der Waals surface area contributed by atoms with Gasteiger partial charge in [-0.15, -0.1) is 0 Å². The van der Waals surface area contributed by atoms with Crippen LogP contribution in [0.15, 0.2) is 0 Å². The van der Waals surface area contributed by atoms with Crippen molar-refractivity contribution in [1.29, 1.82) is 0 Å². The minimum Gasteiger partial charge on any atom is -0.372 e. The van der Waals surface area contributed by atoms with Gasteiger partial charge in [0.2, 0.25) is 6.41 Å². The maximum Gasteiger partial charge on any atom is 0.394 e. The van der Waals surface area contributed by atoms with Gasteiger partial charge in [-0.1, -0.05) is 0 Å². The zero-order valence-corrected chi connectivity index (χ0v) is 4.50. The van der Waals surface area contributed by atoms with E-state index in [1.54, 1.807) is 0 Å². The zero-order chi connectivity index (χ0) is 7.21. The Hall–Kier alpha value is -0.660. The van der Waals surface area contributed by atoms with E-state index in [9.17, 15) is 0 Å². The maximum absolute atomic E-state index is 8.74. The van der Waals surface area contributed by atoms with Crippen molar-refractivity contribution in [3.05, 3.63) is 0 Å². The average Bonchev–Trinajstić information content (AvgIpc) is 1.27. The second-order valence-corrected chi connectivity index (χ2v) is 1.48. The first-order valence-electron chi connectivity index (χ1n) is 1.27. The monoisotopic (exact) mass is 143 g/mol. The molecule has 0 saturated carbocycles. The van der Waals surface area contributed by atoms with E-state index in [-0.39, 0.29) is 6.41 Å². The summed E-state index contributed by atoms with van der Waals surface area (Å²) in [6.07, 6.45) is 0.250. The van der Waals surface area contributed by atoms with Crippen molar-refractivity contribution in [3.63, 3.8) is 0 Å². The Morgan fingerprint density at radius 1 is 1.38 bits per heavy atom. The molecule has 0 radical (unpaired) electrons. The van der Waals surface area contributed by atoms with E-state index < -0.39 is 10.4 Å². The summed E-state index contributed by atoms with van der Waals surface area (Å²) < 4.78 is 31.6. The van der Waals surface area contributed by atoms with Crippen molar-refractivity contribution in [2.45, 2.75) is 0 Å². The van der Waals surface area contributed by atoms with E-state index >= 15 is 0 Å². The van der Waals surface area contributed by atoms with Gasteiger partial charge in [0, 0.05) is 0 Å². The second-order valence-electron chi connectivity index (χ2n) is 0.584. The first kappa shape index (κ1) is 10.3. The molecule has 0 spiro atoms. The van der Waals surface area contributed by atoms with Gasteiger partial charge in [-0.25, -0.2) is 0 Å². The van der Waals surface area contributed by atoms with E-state index in [1.165, 1.54) is 0 Å². The van der Waals surface area contributed by atoms with Crippen molar-refractivity contribution in [3.8, 4) is 0 Å². The van der Waals surface area contributed by atoms with Crippen LogP contribution in [0.1, 0.15) is 0 Å². The van der Waals surface area contributed by atoms with Gasteiger partial charge in [0.05, 0.1) is 0 Å².